The molecular formula is C16H26ClNO2. The summed E-state index contributed by atoms with van der Waals surface area (Å²) in [6.45, 7) is 9.61. The highest BCUT2D eigenvalue weighted by Gasteiger charge is 2.22. The lowest BCUT2D eigenvalue weighted by molar-refractivity contribution is 0.0603. The number of para-hydroxylation sites is 2. The topological polar surface area (TPSA) is 21.7 Å². The predicted molar refractivity (Wildman–Crippen MR) is 85.2 cm³/mol. The van der Waals surface area contributed by atoms with Gasteiger partial charge in [0.1, 0.15) is 12.7 Å². The van der Waals surface area contributed by atoms with Gasteiger partial charge >= 0.3 is 0 Å². The number of fused-ring (bicyclic) bond motifs is 1. The highest BCUT2D eigenvalue weighted by atomic mass is 35.5. The molecule has 0 aromatic heterocycles. The van der Waals surface area contributed by atoms with Crippen LogP contribution in [0.2, 0.25) is 0 Å². The molecule has 0 bridgehead atoms. The maximum Gasteiger partial charge on any atom is 0.161 e. The number of benzene rings is 1. The molecule has 1 aromatic rings. The van der Waals surface area contributed by atoms with Crippen LogP contribution in [0.4, 0.5) is 0 Å². The van der Waals surface area contributed by atoms with E-state index in [9.17, 15) is 0 Å². The van der Waals surface area contributed by atoms with Crippen LogP contribution in [0.1, 0.15) is 27.2 Å². The molecule has 0 fully saturated rings. The molecule has 0 radical (unpaired) electrons. The number of halogens is 1. The fourth-order valence-corrected chi connectivity index (χ4v) is 2.41. The fourth-order valence-electron chi connectivity index (χ4n) is 2.17. The summed E-state index contributed by atoms with van der Waals surface area (Å²) < 4.78 is 11.7. The second-order valence-corrected chi connectivity index (χ2v) is 4.87. The number of nitrogens with zero attached hydrogens (tertiary/aromatic N) is 1. The molecule has 1 aliphatic rings. The third-order valence-electron chi connectivity index (χ3n) is 2.97. The van der Waals surface area contributed by atoms with Gasteiger partial charge in [0.05, 0.1) is 0 Å². The van der Waals surface area contributed by atoms with Crippen LogP contribution in [0.5, 0.6) is 11.5 Å². The minimum Gasteiger partial charge on any atom is -0.486 e. The Hall–Kier alpha value is -0.930. The summed E-state index contributed by atoms with van der Waals surface area (Å²) in [6, 6.07) is 7.81. The zero-order valence-electron chi connectivity index (χ0n) is 12.8. The molecule has 1 heterocycles. The van der Waals surface area contributed by atoms with Gasteiger partial charge in [-0.2, -0.15) is 0 Å². The molecule has 1 aliphatic heterocycles. The third-order valence-corrected chi connectivity index (χ3v) is 3.14. The lowest BCUT2D eigenvalue weighted by atomic mass is 10.2. The van der Waals surface area contributed by atoms with Gasteiger partial charge in [-0.25, -0.2) is 0 Å². The molecule has 20 heavy (non-hydrogen) atoms. The first-order chi connectivity index (χ1) is 9.83. The van der Waals surface area contributed by atoms with Gasteiger partial charge in [0.2, 0.25) is 0 Å². The first-order valence-electron chi connectivity index (χ1n) is 7.50. The van der Waals surface area contributed by atoms with Crippen molar-refractivity contribution in [2.24, 2.45) is 0 Å². The van der Waals surface area contributed by atoms with E-state index in [4.69, 9.17) is 21.1 Å². The smallest absolute Gasteiger partial charge is 0.161 e. The van der Waals surface area contributed by atoms with Gasteiger partial charge in [0.25, 0.3) is 0 Å². The Bertz CT molecular complexity index is 367. The molecule has 1 unspecified atom stereocenters. The van der Waals surface area contributed by atoms with Crippen molar-refractivity contribution in [3.8, 4) is 11.5 Å². The molecule has 114 valence electrons. The zero-order chi connectivity index (χ0) is 14.8. The molecule has 0 saturated heterocycles. The molecule has 0 amide bonds. The van der Waals surface area contributed by atoms with E-state index in [1.807, 2.05) is 38.1 Å². The number of hydrogen-bond donors (Lipinski definition) is 0. The summed E-state index contributed by atoms with van der Waals surface area (Å²) in [6.07, 6.45) is 1.22. The van der Waals surface area contributed by atoms with E-state index in [0.717, 1.165) is 37.6 Å². The van der Waals surface area contributed by atoms with Crippen LogP contribution in [0, 0.1) is 0 Å². The van der Waals surface area contributed by atoms with Gasteiger partial charge in [0, 0.05) is 19.0 Å². The molecule has 0 N–H and O–H groups in total. The fraction of sp³-hybridized carbons (Fsp3) is 0.625. The largest absolute Gasteiger partial charge is 0.486 e. The standard InChI is InChI=1S/C14H20ClNO2.C2H6/c1-2-8-16(9-7-15)10-12-11-17-13-5-3-4-6-14(13)18-12;1-2/h3-6,12H,2,7-11H2,1H3;1-2H3. The van der Waals surface area contributed by atoms with Gasteiger partial charge in [-0.15, -0.1) is 11.6 Å². The van der Waals surface area contributed by atoms with E-state index < -0.39 is 0 Å². The van der Waals surface area contributed by atoms with Crippen LogP contribution < -0.4 is 9.47 Å². The van der Waals surface area contributed by atoms with E-state index in [1.165, 1.54) is 0 Å². The van der Waals surface area contributed by atoms with Gasteiger partial charge in [-0.1, -0.05) is 32.9 Å². The Kier molecular flexibility index (Phi) is 8.47. The quantitative estimate of drug-likeness (QED) is 0.746. The molecule has 1 aromatic carbocycles. The summed E-state index contributed by atoms with van der Waals surface area (Å²) in [5.74, 6) is 2.34. The SMILES string of the molecule is CC.CCCN(CCCl)CC1COc2ccccc2O1. The Morgan fingerprint density at radius 3 is 2.55 bits per heavy atom. The minimum atomic E-state index is 0.0923. The lowest BCUT2D eigenvalue weighted by Crippen LogP contribution is -2.42. The minimum absolute atomic E-state index is 0.0923. The van der Waals surface area contributed by atoms with Crippen molar-refractivity contribution in [3.63, 3.8) is 0 Å². The summed E-state index contributed by atoms with van der Waals surface area (Å²) >= 11 is 5.82. The van der Waals surface area contributed by atoms with E-state index in [1.54, 1.807) is 0 Å². The Morgan fingerprint density at radius 2 is 1.90 bits per heavy atom. The van der Waals surface area contributed by atoms with Gasteiger partial charge in [0.15, 0.2) is 11.5 Å². The van der Waals surface area contributed by atoms with E-state index in [0.29, 0.717) is 12.5 Å². The summed E-state index contributed by atoms with van der Waals surface area (Å²) in [5, 5.41) is 0. The maximum atomic E-state index is 5.95. The van der Waals surface area contributed by atoms with Gasteiger partial charge < -0.3 is 9.47 Å². The first-order valence-corrected chi connectivity index (χ1v) is 8.03. The molecule has 3 nitrogen and oxygen atoms in total. The lowest BCUT2D eigenvalue weighted by Gasteiger charge is -2.30. The van der Waals surface area contributed by atoms with E-state index in [2.05, 4.69) is 11.8 Å². The van der Waals surface area contributed by atoms with Crippen LogP contribution in [0.15, 0.2) is 24.3 Å². The molecular weight excluding hydrogens is 274 g/mol. The van der Waals surface area contributed by atoms with Crippen molar-refractivity contribution < 1.29 is 9.47 Å². The van der Waals surface area contributed by atoms with Gasteiger partial charge in [-0.05, 0) is 25.1 Å². The third kappa shape index (κ3) is 5.22. The predicted octanol–water partition coefficient (Wildman–Crippen LogP) is 3.80. The van der Waals surface area contributed by atoms with Crippen LogP contribution >= 0.6 is 11.6 Å². The Labute approximate surface area is 127 Å². The van der Waals surface area contributed by atoms with Crippen molar-refractivity contribution in [3.05, 3.63) is 24.3 Å². The van der Waals surface area contributed by atoms with Crippen LogP contribution in [-0.2, 0) is 0 Å². The van der Waals surface area contributed by atoms with Crippen LogP contribution in [0.25, 0.3) is 0 Å². The molecule has 0 saturated carbocycles. The summed E-state index contributed by atoms with van der Waals surface area (Å²) in [5.41, 5.74) is 0. The van der Waals surface area contributed by atoms with Crippen molar-refractivity contribution >= 4 is 11.6 Å². The van der Waals surface area contributed by atoms with Crippen molar-refractivity contribution in [1.29, 1.82) is 0 Å². The maximum absolute atomic E-state index is 5.95. The monoisotopic (exact) mass is 299 g/mol. The average molecular weight is 300 g/mol. The number of rotatable bonds is 6. The Balaban J connectivity index is 0.000000956. The van der Waals surface area contributed by atoms with E-state index in [-0.39, 0.29) is 6.10 Å². The molecule has 1 atom stereocenters. The van der Waals surface area contributed by atoms with Crippen molar-refractivity contribution in [2.45, 2.75) is 33.3 Å². The molecule has 2 rings (SSSR count). The van der Waals surface area contributed by atoms with Gasteiger partial charge in [-0.3, -0.25) is 4.90 Å². The number of ether oxygens (including phenoxy) is 2. The first kappa shape index (κ1) is 17.1. The normalized spacial score (nSPS) is 16.6. The highest BCUT2D eigenvalue weighted by molar-refractivity contribution is 6.18. The second-order valence-electron chi connectivity index (χ2n) is 4.49. The summed E-state index contributed by atoms with van der Waals surface area (Å²) in [4.78, 5) is 2.33. The highest BCUT2D eigenvalue weighted by Crippen LogP contribution is 2.30. The van der Waals surface area contributed by atoms with Crippen molar-refractivity contribution in [2.75, 3.05) is 32.1 Å². The van der Waals surface area contributed by atoms with Crippen LogP contribution in [0.3, 0.4) is 0 Å². The average Bonchev–Trinajstić information content (AvgIpc) is 2.50. The molecule has 4 heteroatoms. The number of alkyl halides is 1. The van der Waals surface area contributed by atoms with Crippen LogP contribution in [-0.4, -0.2) is 43.1 Å². The van der Waals surface area contributed by atoms with Crippen molar-refractivity contribution in [1.82, 2.24) is 4.90 Å². The number of hydrogen-bond acceptors (Lipinski definition) is 3. The second kappa shape index (κ2) is 9.89. The molecule has 0 spiro atoms. The zero-order valence-corrected chi connectivity index (χ0v) is 13.5. The van der Waals surface area contributed by atoms with E-state index >= 15 is 0 Å². The molecule has 0 aliphatic carbocycles. The Morgan fingerprint density at radius 1 is 1.20 bits per heavy atom. The summed E-state index contributed by atoms with van der Waals surface area (Å²) in [7, 11) is 0.